The lowest BCUT2D eigenvalue weighted by molar-refractivity contribution is 0.0709. The molecule has 0 radical (unpaired) electrons. The summed E-state index contributed by atoms with van der Waals surface area (Å²) in [7, 11) is 2.88. The molecule has 0 aromatic heterocycles. The van der Waals surface area contributed by atoms with Crippen molar-refractivity contribution in [2.24, 2.45) is 0 Å². The summed E-state index contributed by atoms with van der Waals surface area (Å²) in [6.07, 6.45) is 0. The van der Waals surface area contributed by atoms with Crippen molar-refractivity contribution in [2.45, 2.75) is 11.8 Å². The van der Waals surface area contributed by atoms with E-state index in [1.807, 2.05) is 6.92 Å². The number of hydrogen-bond donors (Lipinski definition) is 0. The van der Waals surface area contributed by atoms with Crippen LogP contribution in [0, 0.1) is 0 Å². The highest BCUT2D eigenvalue weighted by Crippen LogP contribution is 2.26. The highest BCUT2D eigenvalue weighted by atomic mass is 35.7. The van der Waals surface area contributed by atoms with Crippen molar-refractivity contribution in [2.75, 3.05) is 26.8 Å². The van der Waals surface area contributed by atoms with Crippen LogP contribution < -0.4 is 0 Å². The van der Waals surface area contributed by atoms with Gasteiger partial charge in [-0.3, -0.25) is 4.79 Å². The maximum absolute atomic E-state index is 12.1. The van der Waals surface area contributed by atoms with Crippen LogP contribution in [0.5, 0.6) is 0 Å². The first kappa shape index (κ1) is 17.2. The second-order valence-corrected chi connectivity index (χ2v) is 6.95. The topological polar surface area (TPSA) is 63.7 Å². The van der Waals surface area contributed by atoms with Gasteiger partial charge in [-0.15, -0.1) is 0 Å². The summed E-state index contributed by atoms with van der Waals surface area (Å²) in [4.78, 5) is 13.3. The SMILES string of the molecule is CCOCCN(C)C(=O)c1ccc(Cl)c(S(=O)(=O)Cl)c1. The molecule has 8 heteroatoms. The predicted octanol–water partition coefficient (Wildman–Crippen LogP) is 2.38. The van der Waals surface area contributed by atoms with Gasteiger partial charge in [0.25, 0.3) is 15.0 Å². The van der Waals surface area contributed by atoms with E-state index in [-0.39, 0.29) is 21.4 Å². The van der Waals surface area contributed by atoms with Crippen LogP contribution >= 0.6 is 22.3 Å². The number of rotatable bonds is 6. The molecule has 5 nitrogen and oxygen atoms in total. The molecule has 1 aromatic carbocycles. The molecule has 1 amide bonds. The van der Waals surface area contributed by atoms with E-state index in [9.17, 15) is 13.2 Å². The summed E-state index contributed by atoms with van der Waals surface area (Å²) in [6, 6.07) is 3.96. The smallest absolute Gasteiger partial charge is 0.262 e. The molecule has 0 saturated carbocycles. The number of ether oxygens (including phenoxy) is 1. The van der Waals surface area contributed by atoms with Crippen molar-refractivity contribution >= 4 is 37.2 Å². The van der Waals surface area contributed by atoms with Gasteiger partial charge in [0.2, 0.25) is 0 Å². The molecule has 0 saturated heterocycles. The number of nitrogens with zero attached hydrogens (tertiary/aromatic N) is 1. The molecular weight excluding hydrogens is 325 g/mol. The van der Waals surface area contributed by atoms with Gasteiger partial charge in [-0.1, -0.05) is 11.6 Å². The quantitative estimate of drug-likeness (QED) is 0.589. The first-order valence-corrected chi connectivity index (χ1v) is 8.53. The van der Waals surface area contributed by atoms with E-state index in [1.54, 1.807) is 7.05 Å². The number of carbonyl (C=O) groups is 1. The average Bonchev–Trinajstić information content (AvgIpc) is 2.37. The Hall–Kier alpha value is -0.820. The summed E-state index contributed by atoms with van der Waals surface area (Å²) in [6.45, 7) is 3.24. The zero-order chi connectivity index (χ0) is 15.3. The minimum absolute atomic E-state index is 0.0199. The fraction of sp³-hybridized carbons (Fsp3) is 0.417. The van der Waals surface area contributed by atoms with Crippen molar-refractivity contribution in [3.8, 4) is 0 Å². The van der Waals surface area contributed by atoms with Gasteiger partial charge in [0.05, 0.1) is 11.6 Å². The minimum Gasteiger partial charge on any atom is -0.380 e. The third kappa shape index (κ3) is 4.63. The number of carbonyl (C=O) groups excluding carboxylic acids is 1. The Morgan fingerprint density at radius 1 is 1.40 bits per heavy atom. The molecular formula is C12H15Cl2NO4S. The Morgan fingerprint density at radius 3 is 2.60 bits per heavy atom. The minimum atomic E-state index is -3.99. The van der Waals surface area contributed by atoms with Gasteiger partial charge >= 0.3 is 0 Å². The van der Waals surface area contributed by atoms with Gasteiger partial charge < -0.3 is 9.64 Å². The first-order valence-electron chi connectivity index (χ1n) is 5.84. The maximum atomic E-state index is 12.1. The molecule has 0 unspecified atom stereocenters. The lowest BCUT2D eigenvalue weighted by Gasteiger charge is -2.17. The van der Waals surface area contributed by atoms with Crippen LogP contribution in [0.15, 0.2) is 23.1 Å². The van der Waals surface area contributed by atoms with Crippen molar-refractivity contribution in [1.29, 1.82) is 0 Å². The lowest BCUT2D eigenvalue weighted by Crippen LogP contribution is -2.30. The Labute approximate surface area is 127 Å². The van der Waals surface area contributed by atoms with Gasteiger partial charge in [0.1, 0.15) is 4.90 Å². The molecule has 0 heterocycles. The number of hydrogen-bond acceptors (Lipinski definition) is 4. The van der Waals surface area contributed by atoms with E-state index in [4.69, 9.17) is 27.0 Å². The molecule has 1 rings (SSSR count). The zero-order valence-corrected chi connectivity index (χ0v) is 13.4. The van der Waals surface area contributed by atoms with Crippen LogP contribution in [0.1, 0.15) is 17.3 Å². The third-order valence-corrected chi connectivity index (χ3v) is 4.37. The molecule has 112 valence electrons. The number of amides is 1. The van der Waals surface area contributed by atoms with Crippen molar-refractivity contribution in [1.82, 2.24) is 4.90 Å². The number of benzene rings is 1. The Bertz CT molecular complexity index is 589. The fourth-order valence-corrected chi connectivity index (χ4v) is 2.98. The second-order valence-electron chi connectivity index (χ2n) is 4.01. The van der Waals surface area contributed by atoms with Crippen LogP contribution in [-0.4, -0.2) is 46.0 Å². The van der Waals surface area contributed by atoms with Crippen LogP contribution in [0.3, 0.4) is 0 Å². The standard InChI is InChI=1S/C12H15Cl2NO4S/c1-3-19-7-6-15(2)12(16)9-4-5-10(13)11(8-9)20(14,17)18/h4-5,8H,3,6-7H2,1-2H3. The Kier molecular flexibility index (Phi) is 6.26. The molecule has 0 aliphatic carbocycles. The summed E-state index contributed by atoms with van der Waals surface area (Å²) < 4.78 is 27.8. The summed E-state index contributed by atoms with van der Waals surface area (Å²) in [5, 5.41) is -0.0199. The fourth-order valence-electron chi connectivity index (χ4n) is 1.49. The monoisotopic (exact) mass is 339 g/mol. The van der Waals surface area contributed by atoms with Crippen molar-refractivity contribution < 1.29 is 17.9 Å². The van der Waals surface area contributed by atoms with Gasteiger partial charge in [0.15, 0.2) is 0 Å². The van der Waals surface area contributed by atoms with Gasteiger partial charge in [-0.05, 0) is 25.1 Å². The summed E-state index contributed by atoms with van der Waals surface area (Å²) >= 11 is 5.76. The number of halogens is 2. The molecule has 0 aliphatic rings. The van der Waals surface area contributed by atoms with Gasteiger partial charge in [-0.25, -0.2) is 8.42 Å². The highest BCUT2D eigenvalue weighted by Gasteiger charge is 2.19. The van der Waals surface area contributed by atoms with E-state index in [0.717, 1.165) is 0 Å². The average molecular weight is 340 g/mol. The van der Waals surface area contributed by atoms with Crippen LogP contribution in [-0.2, 0) is 13.8 Å². The summed E-state index contributed by atoms with van der Waals surface area (Å²) in [5.41, 5.74) is 0.202. The molecule has 0 spiro atoms. The summed E-state index contributed by atoms with van der Waals surface area (Å²) in [5.74, 6) is -0.331. The van der Waals surface area contributed by atoms with Crippen LogP contribution in [0.4, 0.5) is 0 Å². The molecule has 0 bridgehead atoms. The largest absolute Gasteiger partial charge is 0.380 e. The predicted molar refractivity (Wildman–Crippen MR) is 77.9 cm³/mol. The van der Waals surface area contributed by atoms with Crippen molar-refractivity contribution in [3.63, 3.8) is 0 Å². The van der Waals surface area contributed by atoms with Crippen molar-refractivity contribution in [3.05, 3.63) is 28.8 Å². The molecule has 0 atom stereocenters. The van der Waals surface area contributed by atoms with E-state index in [0.29, 0.717) is 19.8 Å². The molecule has 20 heavy (non-hydrogen) atoms. The highest BCUT2D eigenvalue weighted by molar-refractivity contribution is 8.13. The van der Waals surface area contributed by atoms with Gasteiger partial charge in [-0.2, -0.15) is 0 Å². The van der Waals surface area contributed by atoms with Crippen LogP contribution in [0.25, 0.3) is 0 Å². The van der Waals surface area contributed by atoms with E-state index in [2.05, 4.69) is 0 Å². The Balaban J connectivity index is 2.94. The lowest BCUT2D eigenvalue weighted by atomic mass is 10.2. The van der Waals surface area contributed by atoms with E-state index < -0.39 is 9.05 Å². The normalized spacial score (nSPS) is 11.4. The van der Waals surface area contributed by atoms with Crippen LogP contribution in [0.2, 0.25) is 5.02 Å². The zero-order valence-electron chi connectivity index (χ0n) is 11.1. The number of likely N-dealkylation sites (N-methyl/N-ethyl adjacent to an activating group) is 1. The third-order valence-electron chi connectivity index (χ3n) is 2.56. The molecule has 1 aromatic rings. The maximum Gasteiger partial charge on any atom is 0.262 e. The van der Waals surface area contributed by atoms with E-state index >= 15 is 0 Å². The molecule has 0 aliphatic heterocycles. The molecule has 0 fully saturated rings. The first-order chi connectivity index (χ1) is 9.27. The Morgan fingerprint density at radius 2 is 2.05 bits per heavy atom. The second kappa shape index (κ2) is 7.26. The van der Waals surface area contributed by atoms with E-state index in [1.165, 1.54) is 23.1 Å². The molecule has 0 N–H and O–H groups in total. The van der Waals surface area contributed by atoms with Gasteiger partial charge in [0, 0.05) is 36.4 Å².